The van der Waals surface area contributed by atoms with Gasteiger partial charge in [-0.05, 0) is 37.1 Å². The van der Waals surface area contributed by atoms with Gasteiger partial charge in [0.05, 0.1) is 11.1 Å². The Balaban J connectivity index is 1.43. The number of anilines is 1. The number of aromatic nitrogens is 3. The molecule has 6 nitrogen and oxygen atoms in total. The van der Waals surface area contributed by atoms with E-state index in [0.717, 1.165) is 43.5 Å². The van der Waals surface area contributed by atoms with Crippen molar-refractivity contribution in [2.45, 2.75) is 18.4 Å². The molecule has 3 aromatic rings. The molecule has 2 fully saturated rings. The Morgan fingerprint density at radius 3 is 2.88 bits per heavy atom. The summed E-state index contributed by atoms with van der Waals surface area (Å²) in [6.45, 7) is 2.45. The highest BCUT2D eigenvalue weighted by Gasteiger charge is 2.53. The van der Waals surface area contributed by atoms with Gasteiger partial charge in [0.25, 0.3) is 5.91 Å². The minimum Gasteiger partial charge on any atom is -0.367 e. The van der Waals surface area contributed by atoms with Crippen LogP contribution in [0, 0.1) is 0 Å². The number of nitrogens with zero attached hydrogens (tertiary/aromatic N) is 4. The molecule has 1 aliphatic heterocycles. The van der Waals surface area contributed by atoms with E-state index in [9.17, 15) is 4.79 Å². The SMILES string of the molecule is O=C(c1cccnc1)N1CCN(c2ccnc3[nH]ccc23)CC12CC2. The Morgan fingerprint density at radius 2 is 2.08 bits per heavy atom. The van der Waals surface area contributed by atoms with Crippen molar-refractivity contribution < 1.29 is 4.79 Å². The minimum absolute atomic E-state index is 0.0307. The Kier molecular flexibility index (Phi) is 3.07. The maximum absolute atomic E-state index is 12.9. The van der Waals surface area contributed by atoms with Gasteiger partial charge < -0.3 is 14.8 Å². The average molecular weight is 333 g/mol. The molecule has 0 bridgehead atoms. The Labute approximate surface area is 145 Å². The fourth-order valence-corrected chi connectivity index (χ4v) is 3.94. The lowest BCUT2D eigenvalue weighted by Crippen LogP contribution is -2.57. The van der Waals surface area contributed by atoms with Gasteiger partial charge >= 0.3 is 0 Å². The number of fused-ring (bicyclic) bond motifs is 1. The molecule has 1 N–H and O–H groups in total. The summed E-state index contributed by atoms with van der Waals surface area (Å²) >= 11 is 0. The van der Waals surface area contributed by atoms with Gasteiger partial charge in [0, 0.05) is 55.5 Å². The molecule has 6 heteroatoms. The van der Waals surface area contributed by atoms with Gasteiger partial charge in [0.1, 0.15) is 5.65 Å². The van der Waals surface area contributed by atoms with Crippen molar-refractivity contribution in [2.24, 2.45) is 0 Å². The fraction of sp³-hybridized carbons (Fsp3) is 0.316. The third-order valence-corrected chi connectivity index (χ3v) is 5.41. The van der Waals surface area contributed by atoms with Crippen molar-refractivity contribution >= 4 is 22.6 Å². The summed E-state index contributed by atoms with van der Waals surface area (Å²) in [4.78, 5) is 29.0. The Morgan fingerprint density at radius 1 is 1.16 bits per heavy atom. The number of pyridine rings is 2. The quantitative estimate of drug-likeness (QED) is 0.782. The molecule has 0 unspecified atom stereocenters. The molecule has 0 atom stereocenters. The first-order chi connectivity index (χ1) is 12.3. The van der Waals surface area contributed by atoms with Gasteiger partial charge in [-0.25, -0.2) is 4.98 Å². The molecular formula is C19H19N5O. The van der Waals surface area contributed by atoms with Crippen molar-refractivity contribution in [1.29, 1.82) is 0 Å². The molecule has 126 valence electrons. The van der Waals surface area contributed by atoms with E-state index in [1.165, 1.54) is 5.69 Å². The summed E-state index contributed by atoms with van der Waals surface area (Å²) in [7, 11) is 0. The standard InChI is InChI=1S/C19H19N5O/c25-18(14-2-1-7-20-12-14)24-11-10-23(13-19(24)5-6-19)16-4-9-22-17-15(16)3-8-21-17/h1-4,7-9,12H,5-6,10-11,13H2,(H,21,22). The number of hydrogen-bond acceptors (Lipinski definition) is 4. The molecule has 3 aromatic heterocycles. The van der Waals surface area contributed by atoms with Crippen molar-refractivity contribution in [3.8, 4) is 0 Å². The number of carbonyl (C=O) groups excluding carboxylic acids is 1. The average Bonchev–Trinajstić information content (AvgIpc) is 3.24. The zero-order valence-electron chi connectivity index (χ0n) is 13.9. The van der Waals surface area contributed by atoms with Gasteiger partial charge in [0.2, 0.25) is 0 Å². The van der Waals surface area contributed by atoms with Crippen LogP contribution in [0.15, 0.2) is 49.1 Å². The first-order valence-electron chi connectivity index (χ1n) is 8.66. The predicted molar refractivity (Wildman–Crippen MR) is 95.5 cm³/mol. The molecule has 1 amide bonds. The second-order valence-electron chi connectivity index (χ2n) is 6.91. The van der Waals surface area contributed by atoms with Crippen molar-refractivity contribution in [2.75, 3.05) is 24.5 Å². The van der Waals surface area contributed by atoms with Crippen molar-refractivity contribution in [1.82, 2.24) is 19.9 Å². The number of amides is 1. The second-order valence-corrected chi connectivity index (χ2v) is 6.91. The van der Waals surface area contributed by atoms with E-state index >= 15 is 0 Å². The molecule has 1 saturated heterocycles. The van der Waals surface area contributed by atoms with E-state index < -0.39 is 0 Å². The minimum atomic E-state index is -0.0307. The number of rotatable bonds is 2. The first kappa shape index (κ1) is 14.5. The lowest BCUT2D eigenvalue weighted by Gasteiger charge is -2.43. The van der Waals surface area contributed by atoms with E-state index in [0.29, 0.717) is 5.56 Å². The number of piperazine rings is 1. The molecule has 1 spiro atoms. The summed E-state index contributed by atoms with van der Waals surface area (Å²) in [6, 6.07) is 7.82. The number of H-pyrrole nitrogens is 1. The van der Waals surface area contributed by atoms with Crippen LogP contribution < -0.4 is 4.90 Å². The number of nitrogens with one attached hydrogen (secondary N) is 1. The van der Waals surface area contributed by atoms with Crippen LogP contribution in [-0.2, 0) is 0 Å². The summed E-state index contributed by atoms with van der Waals surface area (Å²) in [6.07, 6.45) is 9.27. The van der Waals surface area contributed by atoms with Crippen LogP contribution in [0.5, 0.6) is 0 Å². The molecule has 1 saturated carbocycles. The summed E-state index contributed by atoms with van der Waals surface area (Å²) in [5.41, 5.74) is 2.76. The monoisotopic (exact) mass is 333 g/mol. The van der Waals surface area contributed by atoms with E-state index in [2.05, 4.69) is 36.9 Å². The molecular weight excluding hydrogens is 314 g/mol. The topological polar surface area (TPSA) is 65.1 Å². The van der Waals surface area contributed by atoms with E-state index in [1.807, 2.05) is 24.5 Å². The normalized spacial score (nSPS) is 18.7. The molecule has 25 heavy (non-hydrogen) atoms. The van der Waals surface area contributed by atoms with E-state index in [4.69, 9.17) is 0 Å². The van der Waals surface area contributed by atoms with Crippen LogP contribution in [0.3, 0.4) is 0 Å². The first-order valence-corrected chi connectivity index (χ1v) is 8.66. The zero-order chi connectivity index (χ0) is 16.9. The maximum atomic E-state index is 12.9. The Hall–Kier alpha value is -2.89. The lowest BCUT2D eigenvalue weighted by atomic mass is 10.1. The summed E-state index contributed by atoms with van der Waals surface area (Å²) < 4.78 is 0. The molecule has 2 aliphatic rings. The summed E-state index contributed by atoms with van der Waals surface area (Å²) in [5.74, 6) is 0.103. The maximum Gasteiger partial charge on any atom is 0.256 e. The van der Waals surface area contributed by atoms with Gasteiger partial charge in [-0.1, -0.05) is 0 Å². The van der Waals surface area contributed by atoms with Gasteiger partial charge in [-0.15, -0.1) is 0 Å². The summed E-state index contributed by atoms with van der Waals surface area (Å²) in [5, 5.41) is 1.14. The van der Waals surface area contributed by atoms with Gasteiger partial charge in [-0.2, -0.15) is 0 Å². The third-order valence-electron chi connectivity index (χ3n) is 5.41. The van der Waals surface area contributed by atoms with Gasteiger partial charge in [-0.3, -0.25) is 9.78 Å². The molecule has 5 rings (SSSR count). The van der Waals surface area contributed by atoms with Crippen LogP contribution in [0.4, 0.5) is 5.69 Å². The van der Waals surface area contributed by atoms with E-state index in [-0.39, 0.29) is 11.4 Å². The number of hydrogen-bond donors (Lipinski definition) is 1. The zero-order valence-corrected chi connectivity index (χ0v) is 13.9. The highest BCUT2D eigenvalue weighted by atomic mass is 16.2. The smallest absolute Gasteiger partial charge is 0.256 e. The third kappa shape index (κ3) is 2.28. The molecule has 4 heterocycles. The molecule has 1 aliphatic carbocycles. The van der Waals surface area contributed by atoms with Crippen LogP contribution >= 0.6 is 0 Å². The van der Waals surface area contributed by atoms with Crippen molar-refractivity contribution in [3.63, 3.8) is 0 Å². The highest BCUT2D eigenvalue weighted by Crippen LogP contribution is 2.46. The second kappa shape index (κ2) is 5.31. The van der Waals surface area contributed by atoms with Crippen LogP contribution in [0.1, 0.15) is 23.2 Å². The largest absolute Gasteiger partial charge is 0.367 e. The van der Waals surface area contributed by atoms with E-state index in [1.54, 1.807) is 12.4 Å². The Bertz CT molecular complexity index is 931. The van der Waals surface area contributed by atoms with Crippen LogP contribution in [-0.4, -0.2) is 50.9 Å². The van der Waals surface area contributed by atoms with Crippen LogP contribution in [0.25, 0.3) is 11.0 Å². The lowest BCUT2D eigenvalue weighted by molar-refractivity contribution is 0.0624. The van der Waals surface area contributed by atoms with Crippen molar-refractivity contribution in [3.05, 3.63) is 54.6 Å². The highest BCUT2D eigenvalue weighted by molar-refractivity contribution is 5.95. The fourth-order valence-electron chi connectivity index (χ4n) is 3.94. The molecule has 0 radical (unpaired) electrons. The van der Waals surface area contributed by atoms with Gasteiger partial charge in [0.15, 0.2) is 0 Å². The van der Waals surface area contributed by atoms with Crippen LogP contribution in [0.2, 0.25) is 0 Å². The molecule has 0 aromatic carbocycles. The number of aromatic amines is 1. The number of carbonyl (C=O) groups is 1. The predicted octanol–water partition coefficient (Wildman–Crippen LogP) is 2.45.